The van der Waals surface area contributed by atoms with E-state index in [1.54, 1.807) is 0 Å². The van der Waals surface area contributed by atoms with Crippen LogP contribution in [0.1, 0.15) is 194 Å². The molecule has 0 aliphatic rings. The predicted molar refractivity (Wildman–Crippen MR) is 238 cm³/mol. The molecule has 330 valence electrons. The number of ether oxygens (including phenoxy) is 3. The second kappa shape index (κ2) is 40.1. The van der Waals surface area contributed by atoms with Crippen LogP contribution in [0.4, 0.5) is 0 Å². The zero-order valence-corrected chi connectivity index (χ0v) is 37.5. The van der Waals surface area contributed by atoms with Crippen molar-refractivity contribution in [3.8, 4) is 0 Å². The molecule has 0 saturated heterocycles. The molecule has 0 rings (SSSR count). The molecule has 57 heavy (non-hydrogen) atoms. The van der Waals surface area contributed by atoms with Crippen molar-refractivity contribution in [3.05, 3.63) is 48.6 Å². The first-order valence-electron chi connectivity index (χ1n) is 23.2. The lowest BCUT2D eigenvalue weighted by atomic mass is 10.0. The molecule has 0 aliphatic heterocycles. The average molecular weight is 803 g/mol. The predicted octanol–water partition coefficient (Wildman–Crippen LogP) is 12.8. The van der Waals surface area contributed by atoms with Gasteiger partial charge < -0.3 is 23.8 Å². The van der Waals surface area contributed by atoms with Crippen LogP contribution in [0.5, 0.6) is 0 Å². The van der Waals surface area contributed by atoms with Gasteiger partial charge in [-0.1, -0.05) is 172 Å². The molecule has 1 N–H and O–H groups in total. The van der Waals surface area contributed by atoms with Crippen LogP contribution in [0.3, 0.4) is 0 Å². The maximum absolute atomic E-state index is 12.7. The van der Waals surface area contributed by atoms with Gasteiger partial charge in [0.2, 0.25) is 0 Å². The van der Waals surface area contributed by atoms with Gasteiger partial charge in [-0.15, -0.1) is 0 Å². The molecule has 0 aromatic heterocycles. The van der Waals surface area contributed by atoms with Gasteiger partial charge in [-0.3, -0.25) is 9.59 Å². The fraction of sp³-hybridized carbons (Fsp3) is 0.776. The van der Waals surface area contributed by atoms with Gasteiger partial charge in [0.05, 0.1) is 34.4 Å². The molecule has 0 saturated carbocycles. The maximum Gasteiger partial charge on any atom is 0.362 e. The van der Waals surface area contributed by atoms with Gasteiger partial charge in [0, 0.05) is 19.3 Å². The molecule has 0 amide bonds. The van der Waals surface area contributed by atoms with E-state index < -0.39 is 18.1 Å². The molecule has 0 radical (unpaired) electrons. The largest absolute Gasteiger partial charge is 0.477 e. The number of quaternary nitrogens is 1. The molecule has 0 fully saturated rings. The van der Waals surface area contributed by atoms with E-state index in [9.17, 15) is 19.5 Å². The van der Waals surface area contributed by atoms with Crippen LogP contribution in [0.15, 0.2) is 48.6 Å². The van der Waals surface area contributed by atoms with Crippen molar-refractivity contribution in [1.29, 1.82) is 0 Å². The average Bonchev–Trinajstić information content (AvgIpc) is 3.17. The molecule has 0 bridgehead atoms. The van der Waals surface area contributed by atoms with Crippen molar-refractivity contribution in [2.75, 3.05) is 41.0 Å². The second-order valence-corrected chi connectivity index (χ2v) is 16.7. The van der Waals surface area contributed by atoms with Crippen LogP contribution in [-0.2, 0) is 28.6 Å². The number of unbranched alkanes of at least 4 members (excludes halogenated alkanes) is 19. The highest BCUT2D eigenvalue weighted by Crippen LogP contribution is 2.15. The summed E-state index contributed by atoms with van der Waals surface area (Å²) in [5, 5.41) is 9.62. The third kappa shape index (κ3) is 38.6. The molecule has 0 aromatic carbocycles. The summed E-state index contributed by atoms with van der Waals surface area (Å²) in [7, 11) is 5.51. The SMILES string of the molecule is CCCCC/C=C/C/C=C/C/C=C/C/C=C/CCCC(=O)OCC(COCCC(C(=O)O)[N+](C)(C)C)OC(=O)CCCCCCCCCCCCCCCCCC. The number of hydrogen-bond acceptors (Lipinski definition) is 6. The number of allylic oxidation sites excluding steroid dienone is 8. The monoisotopic (exact) mass is 803 g/mol. The lowest BCUT2D eigenvalue weighted by Gasteiger charge is -2.31. The molecule has 8 heteroatoms. The van der Waals surface area contributed by atoms with Crippen molar-refractivity contribution < 1.29 is 38.2 Å². The Labute approximate surface area is 350 Å². The summed E-state index contributed by atoms with van der Waals surface area (Å²) in [6, 6.07) is -0.622. The van der Waals surface area contributed by atoms with Crippen LogP contribution in [0.25, 0.3) is 0 Å². The molecule has 0 aliphatic carbocycles. The van der Waals surface area contributed by atoms with Crippen LogP contribution in [0.2, 0.25) is 0 Å². The van der Waals surface area contributed by atoms with Crippen molar-refractivity contribution in [2.45, 2.75) is 206 Å². The minimum Gasteiger partial charge on any atom is -0.477 e. The van der Waals surface area contributed by atoms with E-state index >= 15 is 0 Å². The summed E-state index contributed by atoms with van der Waals surface area (Å²) in [5.74, 6) is -1.53. The standard InChI is InChI=1S/C49H87NO7/c1-6-8-10-12-14-16-18-20-22-24-26-27-29-31-33-35-37-39-47(51)56-44-45(43-55-42-41-46(49(53)54)50(3,4)5)57-48(52)40-38-36-34-32-30-28-25-23-21-19-17-15-13-11-9-7-2/h14,16,20,22,26-27,31,33,45-46H,6-13,15,17-19,21,23-25,28-30,32,34-44H2,1-5H3/p+1/b16-14+,22-20+,27-26+,33-31+. The van der Waals surface area contributed by atoms with Gasteiger partial charge in [0.15, 0.2) is 12.1 Å². The highest BCUT2D eigenvalue weighted by Gasteiger charge is 2.31. The summed E-state index contributed by atoms with van der Waals surface area (Å²) in [6.45, 7) is 4.66. The van der Waals surface area contributed by atoms with Gasteiger partial charge in [-0.25, -0.2) is 4.79 Å². The third-order valence-corrected chi connectivity index (χ3v) is 10.2. The number of nitrogens with zero attached hydrogens (tertiary/aromatic N) is 1. The van der Waals surface area contributed by atoms with Crippen molar-refractivity contribution in [3.63, 3.8) is 0 Å². The van der Waals surface area contributed by atoms with Crippen molar-refractivity contribution in [1.82, 2.24) is 0 Å². The van der Waals surface area contributed by atoms with Crippen LogP contribution >= 0.6 is 0 Å². The van der Waals surface area contributed by atoms with Crippen molar-refractivity contribution >= 4 is 17.9 Å². The van der Waals surface area contributed by atoms with E-state index in [0.29, 0.717) is 19.3 Å². The van der Waals surface area contributed by atoms with Gasteiger partial charge in [-0.2, -0.15) is 0 Å². The maximum atomic E-state index is 12.7. The third-order valence-electron chi connectivity index (χ3n) is 10.2. The Morgan fingerprint density at radius 1 is 0.526 bits per heavy atom. The van der Waals surface area contributed by atoms with Crippen LogP contribution < -0.4 is 0 Å². The number of carbonyl (C=O) groups is 3. The van der Waals surface area contributed by atoms with Crippen molar-refractivity contribution in [2.24, 2.45) is 0 Å². The summed E-state index contributed by atoms with van der Waals surface area (Å²) < 4.78 is 17.2. The molecule has 2 atom stereocenters. The number of carboxylic acids is 1. The van der Waals surface area contributed by atoms with E-state index in [2.05, 4.69) is 62.5 Å². The molecule has 0 heterocycles. The molecule has 0 spiro atoms. The number of likely N-dealkylation sites (N-methyl/N-ethyl adjacent to an activating group) is 1. The minimum atomic E-state index is -0.882. The summed E-state index contributed by atoms with van der Waals surface area (Å²) in [6.07, 6.45) is 47.3. The Bertz CT molecular complexity index is 1070. The summed E-state index contributed by atoms with van der Waals surface area (Å²) in [5.41, 5.74) is 0. The number of hydrogen-bond donors (Lipinski definition) is 1. The molecule has 2 unspecified atom stereocenters. The van der Waals surface area contributed by atoms with E-state index in [1.165, 1.54) is 109 Å². The Morgan fingerprint density at radius 3 is 1.42 bits per heavy atom. The number of esters is 2. The fourth-order valence-corrected chi connectivity index (χ4v) is 6.61. The highest BCUT2D eigenvalue weighted by atomic mass is 16.6. The Balaban J connectivity index is 4.40. The van der Waals surface area contributed by atoms with Crippen LogP contribution in [-0.4, -0.2) is 80.6 Å². The Hall–Kier alpha value is -2.71. The molecular formula is C49H88NO7+. The van der Waals surface area contributed by atoms with E-state index in [1.807, 2.05) is 21.1 Å². The lowest BCUT2D eigenvalue weighted by Crippen LogP contribution is -2.50. The molecule has 0 aromatic rings. The zero-order chi connectivity index (χ0) is 42.1. The quantitative estimate of drug-likeness (QED) is 0.0284. The number of carboxylic acid groups (broad SMARTS) is 1. The zero-order valence-electron chi connectivity index (χ0n) is 37.5. The first-order valence-corrected chi connectivity index (χ1v) is 23.2. The Kier molecular flexibility index (Phi) is 38.2. The lowest BCUT2D eigenvalue weighted by molar-refractivity contribution is -0.887. The molecule has 8 nitrogen and oxygen atoms in total. The minimum absolute atomic E-state index is 0.0453. The highest BCUT2D eigenvalue weighted by molar-refractivity contribution is 5.72. The molecular weight excluding hydrogens is 715 g/mol. The smallest absolute Gasteiger partial charge is 0.362 e. The second-order valence-electron chi connectivity index (χ2n) is 16.7. The van der Waals surface area contributed by atoms with Gasteiger partial charge in [0.1, 0.15) is 6.61 Å². The normalized spacial score (nSPS) is 13.4. The number of rotatable bonds is 41. The topological polar surface area (TPSA) is 99.1 Å². The van der Waals surface area contributed by atoms with E-state index in [-0.39, 0.29) is 42.7 Å². The number of carbonyl (C=O) groups excluding carboxylic acids is 2. The summed E-state index contributed by atoms with van der Waals surface area (Å²) >= 11 is 0. The first-order chi connectivity index (χ1) is 27.6. The van der Waals surface area contributed by atoms with E-state index in [0.717, 1.165) is 44.9 Å². The fourth-order valence-electron chi connectivity index (χ4n) is 6.61. The van der Waals surface area contributed by atoms with Gasteiger partial charge >= 0.3 is 17.9 Å². The first kappa shape index (κ1) is 54.3. The van der Waals surface area contributed by atoms with Gasteiger partial charge in [0.25, 0.3) is 0 Å². The summed E-state index contributed by atoms with van der Waals surface area (Å²) in [4.78, 5) is 37.0. The van der Waals surface area contributed by atoms with Crippen LogP contribution in [0, 0.1) is 0 Å². The number of aliphatic carboxylic acids is 1. The van der Waals surface area contributed by atoms with E-state index in [4.69, 9.17) is 14.2 Å². The van der Waals surface area contributed by atoms with Gasteiger partial charge in [-0.05, 0) is 51.4 Å². The Morgan fingerprint density at radius 2 is 0.947 bits per heavy atom.